The van der Waals surface area contributed by atoms with Gasteiger partial charge < -0.3 is 9.73 Å². The second-order valence-corrected chi connectivity index (χ2v) is 5.65. The summed E-state index contributed by atoms with van der Waals surface area (Å²) in [5.74, 6) is 1.06. The molecule has 90 valence electrons. The highest BCUT2D eigenvalue weighted by atomic mass is 32.1. The molecule has 3 heteroatoms. The van der Waals surface area contributed by atoms with Gasteiger partial charge in [0.15, 0.2) is 0 Å². The number of aryl methyl sites for hydroxylation is 2. The molecule has 0 fully saturated rings. The lowest BCUT2D eigenvalue weighted by atomic mass is 9.94. The van der Waals surface area contributed by atoms with Crippen LogP contribution in [0, 0.1) is 6.92 Å². The Morgan fingerprint density at radius 2 is 2.41 bits per heavy atom. The molecule has 2 aromatic heterocycles. The molecule has 1 aliphatic carbocycles. The van der Waals surface area contributed by atoms with Crippen molar-refractivity contribution in [2.45, 2.75) is 38.8 Å². The molecule has 2 nitrogen and oxygen atoms in total. The molecule has 1 atom stereocenters. The second kappa shape index (κ2) is 4.67. The van der Waals surface area contributed by atoms with Crippen LogP contribution in [0.4, 0.5) is 0 Å². The molecule has 1 N–H and O–H groups in total. The van der Waals surface area contributed by atoms with Crippen molar-refractivity contribution in [2.24, 2.45) is 0 Å². The van der Waals surface area contributed by atoms with Crippen molar-refractivity contribution in [2.75, 3.05) is 0 Å². The Labute approximate surface area is 106 Å². The lowest BCUT2D eigenvalue weighted by Crippen LogP contribution is -2.23. The van der Waals surface area contributed by atoms with Crippen LogP contribution in [0.25, 0.3) is 0 Å². The maximum Gasteiger partial charge on any atom is 0.120 e. The van der Waals surface area contributed by atoms with Crippen LogP contribution in [0.15, 0.2) is 28.2 Å². The molecular weight excluding hydrogens is 230 g/mol. The minimum absolute atomic E-state index is 0.509. The number of hydrogen-bond acceptors (Lipinski definition) is 3. The molecule has 3 rings (SSSR count). The fraction of sp³-hybridized carbons (Fsp3) is 0.429. The van der Waals surface area contributed by atoms with Gasteiger partial charge in [-0.05, 0) is 54.8 Å². The Morgan fingerprint density at radius 3 is 3.24 bits per heavy atom. The van der Waals surface area contributed by atoms with E-state index in [9.17, 15) is 0 Å². The molecule has 0 spiro atoms. The van der Waals surface area contributed by atoms with Gasteiger partial charge in [-0.25, -0.2) is 0 Å². The molecule has 17 heavy (non-hydrogen) atoms. The van der Waals surface area contributed by atoms with Crippen LogP contribution in [0.3, 0.4) is 0 Å². The van der Waals surface area contributed by atoms with Crippen molar-refractivity contribution in [3.8, 4) is 0 Å². The summed E-state index contributed by atoms with van der Waals surface area (Å²) in [4.78, 5) is 1.56. The third kappa shape index (κ3) is 2.17. The van der Waals surface area contributed by atoms with Crippen molar-refractivity contribution in [1.29, 1.82) is 0 Å². The Balaban J connectivity index is 1.70. The molecule has 0 amide bonds. The van der Waals surface area contributed by atoms with Crippen molar-refractivity contribution in [3.05, 3.63) is 45.5 Å². The zero-order valence-electron chi connectivity index (χ0n) is 10.0. The summed E-state index contributed by atoms with van der Waals surface area (Å²) in [6.07, 6.45) is 5.56. The number of thiophene rings is 1. The number of hydrogen-bond donors (Lipinski definition) is 1. The van der Waals surface area contributed by atoms with Crippen LogP contribution in [-0.4, -0.2) is 0 Å². The van der Waals surface area contributed by atoms with Crippen LogP contribution in [0.2, 0.25) is 0 Å². The van der Waals surface area contributed by atoms with Gasteiger partial charge in [0.05, 0.1) is 12.8 Å². The summed E-state index contributed by atoms with van der Waals surface area (Å²) in [6.45, 7) is 2.93. The first-order valence-electron chi connectivity index (χ1n) is 6.17. The first kappa shape index (κ1) is 11.1. The second-order valence-electron chi connectivity index (χ2n) is 4.65. The summed E-state index contributed by atoms with van der Waals surface area (Å²) in [7, 11) is 0. The van der Waals surface area contributed by atoms with Gasteiger partial charge in [0, 0.05) is 10.9 Å². The van der Waals surface area contributed by atoms with Gasteiger partial charge >= 0.3 is 0 Å². The number of fused-ring (bicyclic) bond motifs is 1. The van der Waals surface area contributed by atoms with Gasteiger partial charge in [-0.1, -0.05) is 0 Å². The van der Waals surface area contributed by atoms with E-state index < -0.39 is 0 Å². The standard InChI is InChI=1S/C14H17NOS/c1-10-5-7-16-13(10)9-15-12-3-2-4-14-11(12)6-8-17-14/h5-8,12,15H,2-4,9H2,1H3. The Bertz CT molecular complexity index is 500. The van der Waals surface area contributed by atoms with Crippen LogP contribution >= 0.6 is 11.3 Å². The van der Waals surface area contributed by atoms with Gasteiger partial charge in [0.1, 0.15) is 5.76 Å². The molecule has 0 saturated heterocycles. The molecule has 1 unspecified atom stereocenters. The van der Waals surface area contributed by atoms with Crippen LogP contribution in [-0.2, 0) is 13.0 Å². The zero-order valence-corrected chi connectivity index (χ0v) is 10.8. The fourth-order valence-electron chi connectivity index (χ4n) is 2.50. The van der Waals surface area contributed by atoms with Crippen molar-refractivity contribution >= 4 is 11.3 Å². The molecule has 0 radical (unpaired) electrons. The molecule has 0 bridgehead atoms. The minimum Gasteiger partial charge on any atom is -0.468 e. The summed E-state index contributed by atoms with van der Waals surface area (Å²) < 4.78 is 5.46. The maximum absolute atomic E-state index is 5.46. The quantitative estimate of drug-likeness (QED) is 0.892. The number of rotatable bonds is 3. The van der Waals surface area contributed by atoms with Gasteiger partial charge in [0.2, 0.25) is 0 Å². The molecule has 0 aromatic carbocycles. The van der Waals surface area contributed by atoms with E-state index in [2.05, 4.69) is 23.7 Å². The average molecular weight is 247 g/mol. The topological polar surface area (TPSA) is 25.2 Å². The maximum atomic E-state index is 5.46. The molecule has 2 heterocycles. The van der Waals surface area contributed by atoms with Gasteiger partial charge in [-0.3, -0.25) is 0 Å². The van der Waals surface area contributed by atoms with E-state index in [0.29, 0.717) is 6.04 Å². The van der Waals surface area contributed by atoms with Crippen LogP contribution < -0.4 is 5.32 Å². The SMILES string of the molecule is Cc1ccoc1CNC1CCCc2sccc21. The highest BCUT2D eigenvalue weighted by Crippen LogP contribution is 2.33. The van der Waals surface area contributed by atoms with Gasteiger partial charge in [-0.15, -0.1) is 11.3 Å². The Morgan fingerprint density at radius 1 is 1.47 bits per heavy atom. The van der Waals surface area contributed by atoms with Crippen molar-refractivity contribution in [1.82, 2.24) is 5.32 Å². The summed E-state index contributed by atoms with van der Waals surface area (Å²) in [6, 6.07) is 4.80. The Hall–Kier alpha value is -1.06. The van der Waals surface area contributed by atoms with E-state index in [1.54, 1.807) is 11.1 Å². The van der Waals surface area contributed by atoms with Crippen molar-refractivity contribution < 1.29 is 4.42 Å². The first-order chi connectivity index (χ1) is 8.34. The Kier molecular flexibility index (Phi) is 3.04. The van der Waals surface area contributed by atoms with Crippen molar-refractivity contribution in [3.63, 3.8) is 0 Å². The highest BCUT2D eigenvalue weighted by Gasteiger charge is 2.20. The number of furan rings is 1. The van der Waals surface area contributed by atoms with E-state index in [1.165, 1.54) is 30.4 Å². The molecule has 2 aromatic rings. The molecule has 0 aliphatic heterocycles. The average Bonchev–Trinajstić information content (AvgIpc) is 2.95. The molecule has 1 aliphatic rings. The monoisotopic (exact) mass is 247 g/mol. The molecule has 0 saturated carbocycles. The van der Waals surface area contributed by atoms with Gasteiger partial charge in [-0.2, -0.15) is 0 Å². The van der Waals surface area contributed by atoms with E-state index in [0.717, 1.165) is 12.3 Å². The van der Waals surface area contributed by atoms with E-state index in [1.807, 2.05) is 17.4 Å². The van der Waals surface area contributed by atoms with Gasteiger partial charge in [0.25, 0.3) is 0 Å². The molecular formula is C14H17NOS. The van der Waals surface area contributed by atoms with Crippen LogP contribution in [0.1, 0.15) is 40.6 Å². The summed E-state index contributed by atoms with van der Waals surface area (Å²) in [5, 5.41) is 5.83. The predicted octanol–water partition coefficient (Wildman–Crippen LogP) is 3.82. The third-order valence-corrected chi connectivity index (χ3v) is 4.53. The van der Waals surface area contributed by atoms with E-state index in [-0.39, 0.29) is 0 Å². The van der Waals surface area contributed by atoms with E-state index >= 15 is 0 Å². The van der Waals surface area contributed by atoms with Crippen LogP contribution in [0.5, 0.6) is 0 Å². The summed E-state index contributed by atoms with van der Waals surface area (Å²) in [5.41, 5.74) is 2.74. The fourth-order valence-corrected chi connectivity index (χ4v) is 3.49. The smallest absolute Gasteiger partial charge is 0.120 e. The third-order valence-electron chi connectivity index (χ3n) is 3.53. The highest BCUT2D eigenvalue weighted by molar-refractivity contribution is 7.10. The number of nitrogens with one attached hydrogen (secondary N) is 1. The van der Waals surface area contributed by atoms with E-state index in [4.69, 9.17) is 4.42 Å². The minimum atomic E-state index is 0.509. The zero-order chi connectivity index (χ0) is 11.7. The normalized spacial score (nSPS) is 19.2. The predicted molar refractivity (Wildman–Crippen MR) is 70.3 cm³/mol. The first-order valence-corrected chi connectivity index (χ1v) is 7.05. The largest absolute Gasteiger partial charge is 0.468 e. The lowest BCUT2D eigenvalue weighted by molar-refractivity contribution is 0.418. The lowest BCUT2D eigenvalue weighted by Gasteiger charge is -2.23. The summed E-state index contributed by atoms with van der Waals surface area (Å²) >= 11 is 1.89.